The summed E-state index contributed by atoms with van der Waals surface area (Å²) in [5.41, 5.74) is 6.90. The summed E-state index contributed by atoms with van der Waals surface area (Å²) in [7, 11) is 0. The Labute approximate surface area is 101 Å². The normalized spacial score (nSPS) is 10.7. The van der Waals surface area contributed by atoms with Gasteiger partial charge in [-0.05, 0) is 40.7 Å². The summed E-state index contributed by atoms with van der Waals surface area (Å²) >= 11 is 3.13. The molecule has 2 N–H and O–H groups in total. The lowest BCUT2D eigenvalue weighted by Crippen LogP contribution is -2.01. The van der Waals surface area contributed by atoms with E-state index in [4.69, 9.17) is 10.3 Å². The van der Waals surface area contributed by atoms with Gasteiger partial charge in [0.15, 0.2) is 0 Å². The molecule has 16 heavy (non-hydrogen) atoms. The van der Waals surface area contributed by atoms with Crippen LogP contribution in [0.1, 0.15) is 5.76 Å². The maximum absolute atomic E-state index is 13.0. The first-order valence-electron chi connectivity index (χ1n) is 4.82. The van der Waals surface area contributed by atoms with Gasteiger partial charge in [0, 0.05) is 18.1 Å². The molecule has 0 spiro atoms. The van der Waals surface area contributed by atoms with Crippen LogP contribution < -0.4 is 5.73 Å². The van der Waals surface area contributed by atoms with Crippen LogP contribution in [0.4, 0.5) is 4.39 Å². The molecule has 0 unspecified atom stereocenters. The molecule has 84 valence electrons. The topological polar surface area (TPSA) is 52.0 Å². The Morgan fingerprint density at radius 1 is 1.38 bits per heavy atom. The van der Waals surface area contributed by atoms with Gasteiger partial charge >= 0.3 is 0 Å². The summed E-state index contributed by atoms with van der Waals surface area (Å²) in [6.45, 7) is 0.516. The van der Waals surface area contributed by atoms with Gasteiger partial charge in [-0.15, -0.1) is 0 Å². The third-order valence-electron chi connectivity index (χ3n) is 2.17. The third-order valence-corrected chi connectivity index (χ3v) is 2.77. The molecule has 3 nitrogen and oxygen atoms in total. The number of hydrogen-bond acceptors (Lipinski definition) is 3. The molecule has 0 radical (unpaired) electrons. The summed E-state index contributed by atoms with van der Waals surface area (Å²) in [5.74, 6) is 0.437. The Bertz CT molecular complexity index is 498. The standard InChI is InChI=1S/C11H10BrFN2O/c12-9-5-7(1-2-10(9)13)11-6-8(3-4-14)16-15-11/h1-2,5-6H,3-4,14H2. The molecule has 0 saturated carbocycles. The first-order valence-corrected chi connectivity index (χ1v) is 5.61. The smallest absolute Gasteiger partial charge is 0.138 e. The Balaban J connectivity index is 2.31. The predicted molar refractivity (Wildman–Crippen MR) is 62.4 cm³/mol. The van der Waals surface area contributed by atoms with Crippen molar-refractivity contribution in [3.05, 3.63) is 40.3 Å². The molecule has 0 amide bonds. The van der Waals surface area contributed by atoms with Crippen LogP contribution in [-0.4, -0.2) is 11.7 Å². The predicted octanol–water partition coefficient (Wildman–Crippen LogP) is 2.74. The van der Waals surface area contributed by atoms with Crippen molar-refractivity contribution in [2.45, 2.75) is 6.42 Å². The van der Waals surface area contributed by atoms with E-state index in [9.17, 15) is 4.39 Å². The van der Waals surface area contributed by atoms with Crippen molar-refractivity contribution in [3.8, 4) is 11.3 Å². The van der Waals surface area contributed by atoms with E-state index < -0.39 is 0 Å². The minimum absolute atomic E-state index is 0.297. The number of rotatable bonds is 3. The van der Waals surface area contributed by atoms with Crippen LogP contribution in [0.5, 0.6) is 0 Å². The highest BCUT2D eigenvalue weighted by Crippen LogP contribution is 2.24. The Morgan fingerprint density at radius 2 is 2.19 bits per heavy atom. The molecular formula is C11H10BrFN2O. The van der Waals surface area contributed by atoms with Crippen LogP contribution >= 0.6 is 15.9 Å². The van der Waals surface area contributed by atoms with Crippen molar-refractivity contribution in [2.75, 3.05) is 6.54 Å². The van der Waals surface area contributed by atoms with Gasteiger partial charge in [0.1, 0.15) is 17.3 Å². The van der Waals surface area contributed by atoms with Crippen LogP contribution in [0.25, 0.3) is 11.3 Å². The van der Waals surface area contributed by atoms with Gasteiger partial charge in [0.2, 0.25) is 0 Å². The first-order chi connectivity index (χ1) is 7.70. The molecule has 0 aliphatic carbocycles. The average Bonchev–Trinajstić information content (AvgIpc) is 2.71. The SMILES string of the molecule is NCCc1cc(-c2ccc(F)c(Br)c2)no1. The number of nitrogens with two attached hydrogens (primary N) is 1. The van der Waals surface area contributed by atoms with Gasteiger partial charge in [-0.1, -0.05) is 5.16 Å². The summed E-state index contributed by atoms with van der Waals surface area (Å²) in [4.78, 5) is 0. The molecule has 1 aromatic carbocycles. The molecule has 1 aromatic heterocycles. The zero-order valence-corrected chi connectivity index (χ0v) is 10.00. The second kappa shape index (κ2) is 4.76. The number of nitrogens with zero attached hydrogens (tertiary/aromatic N) is 1. The molecule has 2 aromatic rings. The fourth-order valence-corrected chi connectivity index (χ4v) is 1.74. The quantitative estimate of drug-likeness (QED) is 0.943. The summed E-state index contributed by atoms with van der Waals surface area (Å²) < 4.78 is 18.5. The molecular weight excluding hydrogens is 275 g/mol. The van der Waals surface area contributed by atoms with Crippen LogP contribution in [-0.2, 0) is 6.42 Å². The maximum atomic E-state index is 13.0. The van der Waals surface area contributed by atoms with Crippen molar-refractivity contribution in [1.29, 1.82) is 0 Å². The van der Waals surface area contributed by atoms with E-state index in [2.05, 4.69) is 21.1 Å². The molecule has 0 aliphatic rings. The lowest BCUT2D eigenvalue weighted by molar-refractivity contribution is 0.386. The lowest BCUT2D eigenvalue weighted by Gasteiger charge is -1.97. The zero-order chi connectivity index (χ0) is 11.5. The van der Waals surface area contributed by atoms with Crippen molar-refractivity contribution < 1.29 is 8.91 Å². The molecule has 0 atom stereocenters. The van der Waals surface area contributed by atoms with E-state index in [0.717, 1.165) is 11.3 Å². The number of benzene rings is 1. The first kappa shape index (κ1) is 11.3. The van der Waals surface area contributed by atoms with E-state index in [1.807, 2.05) is 6.07 Å². The summed E-state index contributed by atoms with van der Waals surface area (Å²) in [6.07, 6.45) is 0.648. The second-order valence-corrected chi connectivity index (χ2v) is 4.20. The third kappa shape index (κ3) is 2.31. The minimum atomic E-state index is -0.297. The van der Waals surface area contributed by atoms with Crippen LogP contribution in [0.15, 0.2) is 33.3 Å². The van der Waals surface area contributed by atoms with Gasteiger partial charge in [0.05, 0.1) is 4.47 Å². The number of aromatic nitrogens is 1. The van der Waals surface area contributed by atoms with Gasteiger partial charge in [-0.25, -0.2) is 4.39 Å². The Kier molecular flexibility index (Phi) is 3.36. The Hall–Kier alpha value is -1.20. The van der Waals surface area contributed by atoms with E-state index in [1.54, 1.807) is 12.1 Å². The molecule has 0 aliphatic heterocycles. The van der Waals surface area contributed by atoms with Crippen LogP contribution in [0, 0.1) is 5.82 Å². The van der Waals surface area contributed by atoms with Crippen molar-refractivity contribution >= 4 is 15.9 Å². The monoisotopic (exact) mass is 284 g/mol. The molecule has 0 bridgehead atoms. The van der Waals surface area contributed by atoms with E-state index >= 15 is 0 Å². The number of halogens is 2. The van der Waals surface area contributed by atoms with Gasteiger partial charge < -0.3 is 10.3 Å². The van der Waals surface area contributed by atoms with E-state index in [0.29, 0.717) is 23.1 Å². The molecule has 1 heterocycles. The molecule has 5 heteroatoms. The maximum Gasteiger partial charge on any atom is 0.138 e. The van der Waals surface area contributed by atoms with E-state index in [-0.39, 0.29) is 5.82 Å². The molecule has 0 fully saturated rings. The van der Waals surface area contributed by atoms with Crippen LogP contribution in [0.3, 0.4) is 0 Å². The van der Waals surface area contributed by atoms with Crippen molar-refractivity contribution in [2.24, 2.45) is 5.73 Å². The largest absolute Gasteiger partial charge is 0.361 e. The highest BCUT2D eigenvalue weighted by Gasteiger charge is 2.08. The molecule has 0 saturated heterocycles. The lowest BCUT2D eigenvalue weighted by atomic mass is 10.1. The second-order valence-electron chi connectivity index (χ2n) is 3.35. The zero-order valence-electron chi connectivity index (χ0n) is 8.41. The van der Waals surface area contributed by atoms with Crippen LogP contribution in [0.2, 0.25) is 0 Å². The summed E-state index contributed by atoms with van der Waals surface area (Å²) in [6, 6.07) is 6.52. The Morgan fingerprint density at radius 3 is 2.88 bits per heavy atom. The van der Waals surface area contributed by atoms with Crippen molar-refractivity contribution in [3.63, 3.8) is 0 Å². The minimum Gasteiger partial charge on any atom is -0.361 e. The summed E-state index contributed by atoms with van der Waals surface area (Å²) in [5, 5.41) is 3.90. The van der Waals surface area contributed by atoms with Gasteiger partial charge in [0.25, 0.3) is 0 Å². The highest BCUT2D eigenvalue weighted by atomic mass is 79.9. The average molecular weight is 285 g/mol. The van der Waals surface area contributed by atoms with Gasteiger partial charge in [-0.2, -0.15) is 0 Å². The van der Waals surface area contributed by atoms with E-state index in [1.165, 1.54) is 6.07 Å². The fraction of sp³-hybridized carbons (Fsp3) is 0.182. The highest BCUT2D eigenvalue weighted by molar-refractivity contribution is 9.10. The number of hydrogen-bond donors (Lipinski definition) is 1. The van der Waals surface area contributed by atoms with Crippen molar-refractivity contribution in [1.82, 2.24) is 5.16 Å². The fourth-order valence-electron chi connectivity index (χ4n) is 1.36. The van der Waals surface area contributed by atoms with Gasteiger partial charge in [-0.3, -0.25) is 0 Å². The molecule has 2 rings (SSSR count).